The Morgan fingerprint density at radius 1 is 1.37 bits per heavy atom. The number of halogens is 1. The summed E-state index contributed by atoms with van der Waals surface area (Å²) in [5.74, 6) is -1.46. The Balaban J connectivity index is 2.47. The number of amides is 1. The molecule has 0 aromatic heterocycles. The highest BCUT2D eigenvalue weighted by Gasteiger charge is 2.13. The van der Waals surface area contributed by atoms with Gasteiger partial charge in [-0.05, 0) is 24.6 Å². The Kier molecular flexibility index (Phi) is 6.15. The molecule has 1 aromatic carbocycles. The van der Waals surface area contributed by atoms with E-state index >= 15 is 0 Å². The molecular weight excluding hydrogens is 270 g/mol. The first kappa shape index (κ1) is 15.3. The number of hydrogen-bond donors (Lipinski definition) is 2. The first-order chi connectivity index (χ1) is 9.04. The lowest BCUT2D eigenvalue weighted by atomic mass is 10.2. The van der Waals surface area contributed by atoms with Crippen LogP contribution in [0.4, 0.5) is 0 Å². The van der Waals surface area contributed by atoms with E-state index in [4.69, 9.17) is 11.6 Å². The van der Waals surface area contributed by atoms with Crippen LogP contribution in [-0.4, -0.2) is 17.0 Å². The van der Waals surface area contributed by atoms with Gasteiger partial charge in [0.15, 0.2) is 0 Å². The van der Waals surface area contributed by atoms with Crippen LogP contribution in [0, 0.1) is 0 Å². The second-order valence-electron chi connectivity index (χ2n) is 4.02. The van der Waals surface area contributed by atoms with E-state index in [2.05, 4.69) is 4.84 Å². The number of benzene rings is 1. The van der Waals surface area contributed by atoms with Crippen molar-refractivity contribution in [3.63, 3.8) is 0 Å². The predicted molar refractivity (Wildman–Crippen MR) is 70.8 cm³/mol. The van der Waals surface area contributed by atoms with Crippen molar-refractivity contribution in [2.45, 2.75) is 32.6 Å². The van der Waals surface area contributed by atoms with Crippen molar-refractivity contribution >= 4 is 23.5 Å². The van der Waals surface area contributed by atoms with Crippen LogP contribution in [0.5, 0.6) is 5.75 Å². The number of hydroxylamine groups is 1. The van der Waals surface area contributed by atoms with Gasteiger partial charge >= 0.3 is 5.97 Å². The Labute approximate surface area is 116 Å². The highest BCUT2D eigenvalue weighted by Crippen LogP contribution is 2.21. The summed E-state index contributed by atoms with van der Waals surface area (Å²) >= 11 is 5.71. The van der Waals surface area contributed by atoms with E-state index in [1.165, 1.54) is 18.2 Å². The van der Waals surface area contributed by atoms with Crippen molar-refractivity contribution in [1.29, 1.82) is 0 Å². The maximum atomic E-state index is 11.6. The summed E-state index contributed by atoms with van der Waals surface area (Å²) in [6.07, 6.45) is 2.89. The summed E-state index contributed by atoms with van der Waals surface area (Å²) < 4.78 is 0. The van der Waals surface area contributed by atoms with E-state index in [1.807, 2.05) is 12.4 Å². The summed E-state index contributed by atoms with van der Waals surface area (Å²) in [4.78, 5) is 27.5. The van der Waals surface area contributed by atoms with Crippen LogP contribution in [0.25, 0.3) is 0 Å². The van der Waals surface area contributed by atoms with E-state index < -0.39 is 11.9 Å². The Morgan fingerprint density at radius 2 is 2.11 bits per heavy atom. The lowest BCUT2D eigenvalue weighted by Crippen LogP contribution is -2.27. The first-order valence-electron chi connectivity index (χ1n) is 6.03. The molecule has 0 fully saturated rings. The second-order valence-corrected chi connectivity index (χ2v) is 4.46. The molecule has 0 spiro atoms. The van der Waals surface area contributed by atoms with Crippen LogP contribution in [0.2, 0.25) is 5.02 Å². The van der Waals surface area contributed by atoms with Gasteiger partial charge in [-0.1, -0.05) is 31.4 Å². The SMILES string of the molecule is CCCCCC(=O)ONC(=O)c1cc(Cl)ccc1O. The number of nitrogens with one attached hydrogen (secondary N) is 1. The molecular formula is C13H16ClNO4. The third-order valence-electron chi connectivity index (χ3n) is 2.45. The van der Waals surface area contributed by atoms with E-state index in [0.717, 1.165) is 12.8 Å². The maximum absolute atomic E-state index is 11.6. The molecule has 0 saturated heterocycles. The number of carbonyl (C=O) groups is 2. The third kappa shape index (κ3) is 5.18. The van der Waals surface area contributed by atoms with Gasteiger partial charge in [0.2, 0.25) is 0 Å². The second kappa shape index (κ2) is 7.63. The number of phenols is 1. The van der Waals surface area contributed by atoms with Crippen LogP contribution in [0.3, 0.4) is 0 Å². The largest absolute Gasteiger partial charge is 0.507 e. The molecule has 0 aliphatic carbocycles. The quantitative estimate of drug-likeness (QED) is 0.644. The molecule has 104 valence electrons. The molecule has 1 aromatic rings. The van der Waals surface area contributed by atoms with E-state index in [1.54, 1.807) is 0 Å². The maximum Gasteiger partial charge on any atom is 0.332 e. The van der Waals surface area contributed by atoms with Gasteiger partial charge in [0.05, 0.1) is 5.56 Å². The Bertz CT molecular complexity index is 462. The summed E-state index contributed by atoms with van der Waals surface area (Å²) in [5, 5.41) is 9.79. The summed E-state index contributed by atoms with van der Waals surface area (Å²) in [6.45, 7) is 2.02. The molecule has 1 amide bonds. The van der Waals surface area contributed by atoms with Gasteiger partial charge in [-0.25, -0.2) is 4.79 Å². The lowest BCUT2D eigenvalue weighted by molar-refractivity contribution is -0.149. The lowest BCUT2D eigenvalue weighted by Gasteiger charge is -2.07. The zero-order valence-corrected chi connectivity index (χ0v) is 11.4. The minimum atomic E-state index is -0.719. The summed E-state index contributed by atoms with van der Waals surface area (Å²) in [7, 11) is 0. The van der Waals surface area contributed by atoms with Crippen molar-refractivity contribution in [3.8, 4) is 5.75 Å². The number of phenolic OH excluding ortho intramolecular Hbond substituents is 1. The average Bonchev–Trinajstić information content (AvgIpc) is 2.39. The molecule has 0 heterocycles. The molecule has 0 unspecified atom stereocenters. The predicted octanol–water partition coefficient (Wildman–Crippen LogP) is 2.81. The zero-order chi connectivity index (χ0) is 14.3. The van der Waals surface area contributed by atoms with E-state index in [9.17, 15) is 14.7 Å². The van der Waals surface area contributed by atoms with Crippen molar-refractivity contribution in [2.24, 2.45) is 0 Å². The normalized spacial score (nSPS) is 10.0. The summed E-state index contributed by atoms with van der Waals surface area (Å²) in [6, 6.07) is 4.03. The molecule has 0 saturated carbocycles. The van der Waals surface area contributed by atoms with Crippen molar-refractivity contribution in [2.75, 3.05) is 0 Å². The number of unbranched alkanes of at least 4 members (excludes halogenated alkanes) is 2. The molecule has 5 nitrogen and oxygen atoms in total. The van der Waals surface area contributed by atoms with Crippen molar-refractivity contribution in [1.82, 2.24) is 5.48 Å². The monoisotopic (exact) mass is 285 g/mol. The average molecular weight is 286 g/mol. The topological polar surface area (TPSA) is 75.6 Å². The van der Waals surface area contributed by atoms with Crippen LogP contribution in [-0.2, 0) is 9.63 Å². The number of aromatic hydroxyl groups is 1. The van der Waals surface area contributed by atoms with Crippen LogP contribution in [0.15, 0.2) is 18.2 Å². The molecule has 0 aliphatic heterocycles. The fourth-order valence-corrected chi connectivity index (χ4v) is 1.59. The third-order valence-corrected chi connectivity index (χ3v) is 2.68. The fourth-order valence-electron chi connectivity index (χ4n) is 1.42. The molecule has 1 rings (SSSR count). The molecule has 6 heteroatoms. The molecule has 0 radical (unpaired) electrons. The van der Waals surface area contributed by atoms with Gasteiger partial charge in [-0.3, -0.25) is 4.79 Å². The van der Waals surface area contributed by atoms with E-state index in [0.29, 0.717) is 11.4 Å². The molecule has 0 aliphatic rings. The minimum absolute atomic E-state index is 0.0474. The molecule has 2 N–H and O–H groups in total. The van der Waals surface area contributed by atoms with Gasteiger partial charge in [-0.2, -0.15) is 5.48 Å². The minimum Gasteiger partial charge on any atom is -0.507 e. The van der Waals surface area contributed by atoms with Crippen molar-refractivity contribution < 1.29 is 19.5 Å². The van der Waals surface area contributed by atoms with Gasteiger partial charge < -0.3 is 9.94 Å². The molecule has 0 bridgehead atoms. The zero-order valence-electron chi connectivity index (χ0n) is 10.6. The van der Waals surface area contributed by atoms with Crippen molar-refractivity contribution in [3.05, 3.63) is 28.8 Å². The standard InChI is InChI=1S/C13H16ClNO4/c1-2-3-4-5-12(17)19-15-13(18)10-8-9(14)6-7-11(10)16/h6-8,16H,2-5H2,1H3,(H,15,18). The first-order valence-corrected chi connectivity index (χ1v) is 6.41. The van der Waals surface area contributed by atoms with Crippen LogP contribution in [0.1, 0.15) is 43.0 Å². The summed E-state index contributed by atoms with van der Waals surface area (Å²) in [5.41, 5.74) is 1.94. The number of hydrogen-bond acceptors (Lipinski definition) is 4. The van der Waals surface area contributed by atoms with Gasteiger partial charge in [0.25, 0.3) is 5.91 Å². The van der Waals surface area contributed by atoms with E-state index in [-0.39, 0.29) is 17.7 Å². The Morgan fingerprint density at radius 3 is 2.79 bits per heavy atom. The molecule has 19 heavy (non-hydrogen) atoms. The molecule has 0 atom stereocenters. The highest BCUT2D eigenvalue weighted by atomic mass is 35.5. The fraction of sp³-hybridized carbons (Fsp3) is 0.385. The highest BCUT2D eigenvalue weighted by molar-refractivity contribution is 6.31. The van der Waals surface area contributed by atoms with Gasteiger partial charge in [0.1, 0.15) is 5.75 Å². The number of carbonyl (C=O) groups excluding carboxylic acids is 2. The number of rotatable bonds is 5. The Hall–Kier alpha value is -1.75. The van der Waals surface area contributed by atoms with Crippen LogP contribution >= 0.6 is 11.6 Å². The van der Waals surface area contributed by atoms with Gasteiger partial charge in [-0.15, -0.1) is 0 Å². The van der Waals surface area contributed by atoms with Crippen LogP contribution < -0.4 is 5.48 Å². The smallest absolute Gasteiger partial charge is 0.332 e. The van der Waals surface area contributed by atoms with Gasteiger partial charge in [0, 0.05) is 11.4 Å².